The van der Waals surface area contributed by atoms with Gasteiger partial charge in [-0.05, 0) is 56.6 Å². The summed E-state index contributed by atoms with van der Waals surface area (Å²) in [4.78, 5) is 2.16. The van der Waals surface area contributed by atoms with Crippen LogP contribution in [0.25, 0.3) is 10.8 Å². The van der Waals surface area contributed by atoms with Crippen LogP contribution in [0.5, 0.6) is 0 Å². The standard InChI is InChI=1S/C24H34N2O.2ClH/c1-18(26(2)3)16-20(25)17-23(24(27)14-7-4-8-15-24)22-13-9-11-19-10-5-6-12-21(19)22;;/h5-6,9-13,18,23,25,27H,4,7-8,14-17H2,1-3H3;2*1H/t18-,23?;;/m0../s1. The van der Waals surface area contributed by atoms with Crippen LogP contribution in [0.2, 0.25) is 0 Å². The van der Waals surface area contributed by atoms with Gasteiger partial charge < -0.3 is 15.4 Å². The van der Waals surface area contributed by atoms with Gasteiger partial charge in [0.05, 0.1) is 5.60 Å². The van der Waals surface area contributed by atoms with Gasteiger partial charge in [0, 0.05) is 24.1 Å². The maximum absolute atomic E-state index is 11.6. The Labute approximate surface area is 188 Å². The third-order valence-electron chi connectivity index (χ3n) is 6.44. The van der Waals surface area contributed by atoms with Gasteiger partial charge in [-0.25, -0.2) is 0 Å². The second kappa shape index (κ2) is 11.3. The molecule has 2 aromatic rings. The van der Waals surface area contributed by atoms with Crippen LogP contribution in [0.4, 0.5) is 0 Å². The van der Waals surface area contributed by atoms with Crippen molar-refractivity contribution in [1.29, 1.82) is 5.41 Å². The van der Waals surface area contributed by atoms with E-state index in [1.807, 2.05) is 0 Å². The van der Waals surface area contributed by atoms with Crippen molar-refractivity contribution in [2.75, 3.05) is 14.1 Å². The average Bonchev–Trinajstić information content (AvgIpc) is 2.66. The largest absolute Gasteiger partial charge is 0.389 e. The lowest BCUT2D eigenvalue weighted by molar-refractivity contribution is -0.0198. The van der Waals surface area contributed by atoms with Gasteiger partial charge in [-0.15, -0.1) is 24.8 Å². The van der Waals surface area contributed by atoms with Gasteiger partial charge in [0.1, 0.15) is 0 Å². The van der Waals surface area contributed by atoms with Gasteiger partial charge >= 0.3 is 0 Å². The summed E-state index contributed by atoms with van der Waals surface area (Å²) in [6.45, 7) is 2.16. The van der Waals surface area contributed by atoms with E-state index in [9.17, 15) is 5.11 Å². The van der Waals surface area contributed by atoms with Gasteiger partial charge in [-0.2, -0.15) is 0 Å². The molecule has 1 aliphatic rings. The van der Waals surface area contributed by atoms with E-state index in [2.05, 4.69) is 68.4 Å². The zero-order valence-electron chi connectivity index (χ0n) is 17.9. The fourth-order valence-corrected chi connectivity index (χ4v) is 4.53. The minimum atomic E-state index is -0.698. The molecule has 0 amide bonds. The normalized spacial score (nSPS) is 17.8. The molecule has 2 N–H and O–H groups in total. The zero-order valence-corrected chi connectivity index (χ0v) is 19.5. The lowest BCUT2D eigenvalue weighted by Crippen LogP contribution is -2.40. The summed E-state index contributed by atoms with van der Waals surface area (Å²) in [5, 5.41) is 22.7. The van der Waals surface area contributed by atoms with Crippen LogP contribution in [0.3, 0.4) is 0 Å². The average molecular weight is 439 g/mol. The van der Waals surface area contributed by atoms with Gasteiger partial charge in [-0.3, -0.25) is 0 Å². The molecular formula is C24H36Cl2N2O. The van der Waals surface area contributed by atoms with Crippen molar-refractivity contribution in [2.24, 2.45) is 0 Å². The molecule has 3 nitrogen and oxygen atoms in total. The fourth-order valence-electron chi connectivity index (χ4n) is 4.53. The van der Waals surface area contributed by atoms with Crippen molar-refractivity contribution in [1.82, 2.24) is 4.90 Å². The Balaban J connectivity index is 0.00000210. The van der Waals surface area contributed by atoms with E-state index < -0.39 is 5.60 Å². The van der Waals surface area contributed by atoms with Gasteiger partial charge in [-0.1, -0.05) is 61.7 Å². The van der Waals surface area contributed by atoms with E-state index in [0.717, 1.165) is 37.8 Å². The molecule has 0 spiro atoms. The molecule has 162 valence electrons. The first-order valence-electron chi connectivity index (χ1n) is 10.3. The van der Waals surface area contributed by atoms with Crippen LogP contribution in [0.15, 0.2) is 42.5 Å². The van der Waals surface area contributed by atoms with Crippen molar-refractivity contribution < 1.29 is 5.11 Å². The second-order valence-corrected chi connectivity index (χ2v) is 8.61. The Morgan fingerprint density at radius 1 is 1.00 bits per heavy atom. The maximum Gasteiger partial charge on any atom is 0.0719 e. The van der Waals surface area contributed by atoms with Crippen LogP contribution in [-0.2, 0) is 0 Å². The third-order valence-corrected chi connectivity index (χ3v) is 6.44. The van der Waals surface area contributed by atoms with E-state index in [-0.39, 0.29) is 30.7 Å². The molecule has 2 aromatic carbocycles. The molecule has 5 heteroatoms. The SMILES string of the molecule is C[C@@H](CC(=N)CC(c1cccc2ccccc12)C1(O)CCCCC1)N(C)C.Cl.Cl. The predicted molar refractivity (Wildman–Crippen MR) is 129 cm³/mol. The van der Waals surface area contributed by atoms with Crippen LogP contribution in [-0.4, -0.2) is 41.5 Å². The number of hydrogen-bond donors (Lipinski definition) is 2. The van der Waals surface area contributed by atoms with E-state index >= 15 is 0 Å². The van der Waals surface area contributed by atoms with Crippen LogP contribution in [0, 0.1) is 5.41 Å². The van der Waals surface area contributed by atoms with Crippen molar-refractivity contribution in [2.45, 2.75) is 69.4 Å². The number of benzene rings is 2. The monoisotopic (exact) mass is 438 g/mol. The summed E-state index contributed by atoms with van der Waals surface area (Å²) in [5.41, 5.74) is 1.25. The highest BCUT2D eigenvalue weighted by Crippen LogP contribution is 2.44. The lowest BCUT2D eigenvalue weighted by atomic mass is 9.69. The summed E-state index contributed by atoms with van der Waals surface area (Å²) in [6, 6.07) is 15.2. The molecule has 0 aromatic heterocycles. The molecule has 1 saturated carbocycles. The Hall–Kier alpha value is -1.13. The summed E-state index contributed by atoms with van der Waals surface area (Å²) >= 11 is 0. The van der Waals surface area contributed by atoms with E-state index in [1.165, 1.54) is 22.8 Å². The van der Waals surface area contributed by atoms with Crippen molar-refractivity contribution in [3.63, 3.8) is 0 Å². The number of aliphatic hydroxyl groups is 1. The summed E-state index contributed by atoms with van der Waals surface area (Å²) in [6.07, 6.45) is 6.46. The third kappa shape index (κ3) is 6.18. The molecule has 0 aliphatic heterocycles. The quantitative estimate of drug-likeness (QED) is 0.504. The first-order chi connectivity index (χ1) is 12.9. The molecule has 1 aliphatic carbocycles. The lowest BCUT2D eigenvalue weighted by Gasteiger charge is -2.40. The highest BCUT2D eigenvalue weighted by Gasteiger charge is 2.39. The summed E-state index contributed by atoms with van der Waals surface area (Å²) < 4.78 is 0. The number of hydrogen-bond acceptors (Lipinski definition) is 3. The number of rotatable bonds is 7. The predicted octanol–water partition coefficient (Wildman–Crippen LogP) is 6.21. The molecule has 0 saturated heterocycles. The van der Waals surface area contributed by atoms with Gasteiger partial charge in [0.15, 0.2) is 0 Å². The Bertz CT molecular complexity index is 782. The first-order valence-corrected chi connectivity index (χ1v) is 10.3. The van der Waals surface area contributed by atoms with Crippen LogP contribution < -0.4 is 0 Å². The van der Waals surface area contributed by atoms with Crippen LogP contribution >= 0.6 is 24.8 Å². The highest BCUT2D eigenvalue weighted by molar-refractivity contribution is 5.88. The van der Waals surface area contributed by atoms with E-state index in [0.29, 0.717) is 12.5 Å². The van der Waals surface area contributed by atoms with Gasteiger partial charge in [0.25, 0.3) is 0 Å². The molecule has 0 radical (unpaired) electrons. The van der Waals surface area contributed by atoms with E-state index in [4.69, 9.17) is 5.41 Å². The number of fused-ring (bicyclic) bond motifs is 1. The fraction of sp³-hybridized carbons (Fsp3) is 0.542. The first kappa shape index (κ1) is 25.9. The second-order valence-electron chi connectivity index (χ2n) is 8.61. The van der Waals surface area contributed by atoms with E-state index in [1.54, 1.807) is 0 Å². The topological polar surface area (TPSA) is 47.3 Å². The molecule has 0 bridgehead atoms. The minimum Gasteiger partial charge on any atom is -0.389 e. The molecule has 2 atom stereocenters. The number of nitrogens with zero attached hydrogens (tertiary/aromatic N) is 1. The Morgan fingerprint density at radius 3 is 2.28 bits per heavy atom. The zero-order chi connectivity index (χ0) is 19.4. The van der Waals surface area contributed by atoms with Crippen molar-refractivity contribution in [3.8, 4) is 0 Å². The molecular weight excluding hydrogens is 403 g/mol. The number of halogens is 2. The van der Waals surface area contributed by atoms with Crippen molar-refractivity contribution in [3.05, 3.63) is 48.0 Å². The molecule has 1 fully saturated rings. The minimum absolute atomic E-state index is 0. The van der Waals surface area contributed by atoms with Crippen LogP contribution in [0.1, 0.15) is 63.4 Å². The maximum atomic E-state index is 11.6. The molecule has 29 heavy (non-hydrogen) atoms. The highest BCUT2D eigenvalue weighted by atomic mass is 35.5. The molecule has 0 heterocycles. The molecule has 1 unspecified atom stereocenters. The summed E-state index contributed by atoms with van der Waals surface area (Å²) in [7, 11) is 4.13. The Morgan fingerprint density at radius 2 is 1.62 bits per heavy atom. The van der Waals surface area contributed by atoms with Gasteiger partial charge in [0.2, 0.25) is 0 Å². The number of nitrogens with one attached hydrogen (secondary N) is 1. The Kier molecular flexibility index (Phi) is 10.1. The summed E-state index contributed by atoms with van der Waals surface area (Å²) in [5.74, 6) is -0.00855. The molecule has 3 rings (SSSR count). The smallest absolute Gasteiger partial charge is 0.0719 e. The van der Waals surface area contributed by atoms with Crippen molar-refractivity contribution >= 4 is 41.3 Å².